The summed E-state index contributed by atoms with van der Waals surface area (Å²) in [5, 5.41) is 0. The summed E-state index contributed by atoms with van der Waals surface area (Å²) in [5.41, 5.74) is 1.83. The van der Waals surface area contributed by atoms with Crippen LogP contribution >= 0.6 is 0 Å². The molecule has 0 N–H and O–H groups in total. The molecule has 0 aromatic heterocycles. The van der Waals surface area contributed by atoms with Crippen molar-refractivity contribution in [3.63, 3.8) is 0 Å². The Labute approximate surface area is 80.2 Å². The van der Waals surface area contributed by atoms with Crippen molar-refractivity contribution in [2.45, 2.75) is 46.0 Å². The lowest BCUT2D eigenvalue weighted by Crippen LogP contribution is -2.37. The van der Waals surface area contributed by atoms with Gasteiger partial charge in [-0.05, 0) is 37.5 Å². The molecule has 0 bridgehead atoms. The largest absolute Gasteiger partial charge is 0.300 e. The van der Waals surface area contributed by atoms with Gasteiger partial charge in [0.05, 0.1) is 0 Å². The first kappa shape index (κ1) is 8.98. The smallest absolute Gasteiger partial charge is 0.133 e. The van der Waals surface area contributed by atoms with E-state index in [1.165, 1.54) is 18.4 Å². The van der Waals surface area contributed by atoms with Gasteiger partial charge >= 0.3 is 0 Å². The number of carbonyl (C=O) groups is 1. The van der Waals surface area contributed by atoms with Crippen LogP contribution in [-0.4, -0.2) is 5.78 Å². The third kappa shape index (κ3) is 1.45. The van der Waals surface area contributed by atoms with Crippen molar-refractivity contribution in [2.24, 2.45) is 11.3 Å². The average Bonchev–Trinajstić information content (AvgIpc) is 2.02. The lowest BCUT2D eigenvalue weighted by molar-refractivity contribution is -0.125. The number of carbonyl (C=O) groups excluding carboxylic acids is 1. The molecule has 0 aliphatic heterocycles. The van der Waals surface area contributed by atoms with Crippen LogP contribution in [0.3, 0.4) is 0 Å². The minimum atomic E-state index is 0.300. The second-order valence-electron chi connectivity index (χ2n) is 4.95. The van der Waals surface area contributed by atoms with Gasteiger partial charge in [-0.1, -0.05) is 18.6 Å². The normalized spacial score (nSPS) is 39.7. The molecule has 0 heterocycles. The molecule has 13 heavy (non-hydrogen) atoms. The summed E-state index contributed by atoms with van der Waals surface area (Å²) in [6.07, 6.45) is 7.47. The van der Waals surface area contributed by atoms with Crippen molar-refractivity contribution in [1.82, 2.24) is 0 Å². The molecule has 72 valence electrons. The van der Waals surface area contributed by atoms with Crippen molar-refractivity contribution in [2.75, 3.05) is 0 Å². The Balaban J connectivity index is 2.26. The Kier molecular flexibility index (Phi) is 2.05. The second-order valence-corrected chi connectivity index (χ2v) is 4.95. The number of hydrogen-bond donors (Lipinski definition) is 0. The van der Waals surface area contributed by atoms with Gasteiger partial charge in [0.25, 0.3) is 0 Å². The maximum Gasteiger partial charge on any atom is 0.133 e. The molecule has 2 rings (SSSR count). The molecule has 0 radical (unpaired) electrons. The molecule has 1 saturated carbocycles. The fourth-order valence-corrected chi connectivity index (χ4v) is 3.13. The number of Topliss-reactive ketones (excluding diaryl/α,β-unsaturated/α-hetero) is 1. The van der Waals surface area contributed by atoms with Crippen LogP contribution in [0, 0.1) is 11.3 Å². The van der Waals surface area contributed by atoms with Gasteiger partial charge in [-0.2, -0.15) is 0 Å². The van der Waals surface area contributed by atoms with Crippen molar-refractivity contribution < 1.29 is 4.79 Å². The summed E-state index contributed by atoms with van der Waals surface area (Å²) in [7, 11) is 0. The van der Waals surface area contributed by atoms with Gasteiger partial charge in [0, 0.05) is 12.8 Å². The summed E-state index contributed by atoms with van der Waals surface area (Å²) in [5.74, 6) is 1.17. The number of ketones is 1. The summed E-state index contributed by atoms with van der Waals surface area (Å²) < 4.78 is 0. The van der Waals surface area contributed by atoms with E-state index in [-0.39, 0.29) is 0 Å². The molecule has 0 amide bonds. The number of hydrogen-bond acceptors (Lipinski definition) is 1. The monoisotopic (exact) mass is 178 g/mol. The lowest BCUT2D eigenvalue weighted by Gasteiger charge is -2.44. The van der Waals surface area contributed by atoms with Crippen LogP contribution in [0.2, 0.25) is 0 Å². The first-order chi connectivity index (χ1) is 6.12. The topological polar surface area (TPSA) is 17.1 Å². The Bertz CT molecular complexity index is 264. The maximum absolute atomic E-state index is 11.4. The third-order valence-electron chi connectivity index (χ3n) is 3.89. The summed E-state index contributed by atoms with van der Waals surface area (Å²) >= 11 is 0. The summed E-state index contributed by atoms with van der Waals surface area (Å²) in [4.78, 5) is 11.4. The van der Waals surface area contributed by atoms with Gasteiger partial charge in [0.15, 0.2) is 0 Å². The Morgan fingerprint density at radius 1 is 1.54 bits per heavy atom. The van der Waals surface area contributed by atoms with E-state index in [1.807, 2.05) is 0 Å². The molecule has 2 atom stereocenters. The van der Waals surface area contributed by atoms with E-state index < -0.39 is 0 Å². The second kappa shape index (κ2) is 2.97. The van der Waals surface area contributed by atoms with E-state index >= 15 is 0 Å². The highest BCUT2D eigenvalue weighted by molar-refractivity contribution is 5.80. The van der Waals surface area contributed by atoms with Crippen LogP contribution in [0.4, 0.5) is 0 Å². The van der Waals surface area contributed by atoms with Crippen LogP contribution < -0.4 is 0 Å². The summed E-state index contributed by atoms with van der Waals surface area (Å²) in [6, 6.07) is 0. The van der Waals surface area contributed by atoms with Crippen LogP contribution in [0.5, 0.6) is 0 Å². The van der Waals surface area contributed by atoms with Gasteiger partial charge in [-0.25, -0.2) is 0 Å². The molecule has 0 aromatic rings. The first-order valence-corrected chi connectivity index (χ1v) is 5.30. The van der Waals surface area contributed by atoms with Gasteiger partial charge < -0.3 is 0 Å². The van der Waals surface area contributed by atoms with Crippen molar-refractivity contribution in [1.29, 1.82) is 0 Å². The van der Waals surface area contributed by atoms with E-state index in [1.54, 1.807) is 0 Å². The molecule has 0 spiro atoms. The molecule has 0 aromatic carbocycles. The molecule has 0 unspecified atom stereocenters. The van der Waals surface area contributed by atoms with E-state index in [0.717, 1.165) is 19.3 Å². The van der Waals surface area contributed by atoms with Crippen LogP contribution in [0.1, 0.15) is 46.0 Å². The number of rotatable bonds is 0. The van der Waals surface area contributed by atoms with Crippen molar-refractivity contribution >= 4 is 5.78 Å². The minimum absolute atomic E-state index is 0.300. The van der Waals surface area contributed by atoms with Gasteiger partial charge in [0.1, 0.15) is 5.78 Å². The quantitative estimate of drug-likeness (QED) is 0.521. The predicted octanol–water partition coefficient (Wildman–Crippen LogP) is 3.10. The van der Waals surface area contributed by atoms with E-state index in [0.29, 0.717) is 17.1 Å². The molecule has 1 nitrogen and oxygen atoms in total. The lowest BCUT2D eigenvalue weighted by atomic mass is 9.60. The van der Waals surface area contributed by atoms with Gasteiger partial charge in [0.2, 0.25) is 0 Å². The highest BCUT2D eigenvalue weighted by Crippen LogP contribution is 2.49. The Morgan fingerprint density at radius 3 is 3.08 bits per heavy atom. The van der Waals surface area contributed by atoms with Crippen molar-refractivity contribution in [3.05, 3.63) is 11.6 Å². The predicted molar refractivity (Wildman–Crippen MR) is 53.4 cm³/mol. The first-order valence-electron chi connectivity index (χ1n) is 5.30. The third-order valence-corrected chi connectivity index (χ3v) is 3.89. The van der Waals surface area contributed by atoms with Gasteiger partial charge in [-0.15, -0.1) is 0 Å². The molecule has 1 fully saturated rings. The molecule has 1 heteroatoms. The van der Waals surface area contributed by atoms with Crippen molar-refractivity contribution in [3.8, 4) is 0 Å². The molecule has 2 aliphatic rings. The van der Waals surface area contributed by atoms with Crippen LogP contribution in [0.25, 0.3) is 0 Å². The van der Waals surface area contributed by atoms with E-state index in [4.69, 9.17) is 0 Å². The molecular formula is C12H18O. The molecule has 2 aliphatic carbocycles. The molecular weight excluding hydrogens is 160 g/mol. The Hall–Kier alpha value is -0.590. The van der Waals surface area contributed by atoms with E-state index in [9.17, 15) is 4.79 Å². The zero-order valence-corrected chi connectivity index (χ0v) is 8.60. The highest BCUT2D eigenvalue weighted by Gasteiger charge is 2.41. The fourth-order valence-electron chi connectivity index (χ4n) is 3.13. The molecule has 0 saturated heterocycles. The highest BCUT2D eigenvalue weighted by atomic mass is 16.1. The standard InChI is InChI=1S/C12H18O/c1-9-4-3-7-12(2)8-10(13)5-6-11(9)12/h4,11H,3,5-8H2,1-2H3/t11-,12+/m1/s1. The zero-order chi connectivity index (χ0) is 9.47. The zero-order valence-electron chi connectivity index (χ0n) is 8.60. The van der Waals surface area contributed by atoms with Gasteiger partial charge in [-0.3, -0.25) is 4.79 Å². The fraction of sp³-hybridized carbons (Fsp3) is 0.750. The number of allylic oxidation sites excluding steroid dienone is 2. The van der Waals surface area contributed by atoms with Crippen LogP contribution in [-0.2, 0) is 4.79 Å². The SMILES string of the molecule is CC1=CCC[C@@]2(C)CC(=O)CC[C@H]12. The maximum atomic E-state index is 11.4. The van der Waals surface area contributed by atoms with Crippen LogP contribution in [0.15, 0.2) is 11.6 Å². The van der Waals surface area contributed by atoms with E-state index in [2.05, 4.69) is 19.9 Å². The number of fused-ring (bicyclic) bond motifs is 1. The minimum Gasteiger partial charge on any atom is -0.300 e. The average molecular weight is 178 g/mol. The summed E-state index contributed by atoms with van der Waals surface area (Å²) in [6.45, 7) is 4.53. The Morgan fingerprint density at radius 2 is 2.31 bits per heavy atom.